The molecule has 12 heteroatoms. The molecule has 3 aliphatic carbocycles. The topological polar surface area (TPSA) is 186 Å². The van der Waals surface area contributed by atoms with Crippen LogP contribution in [0, 0.1) is 17.3 Å². The van der Waals surface area contributed by atoms with Crippen LogP contribution in [0.2, 0.25) is 0 Å². The van der Waals surface area contributed by atoms with Crippen LogP contribution >= 0.6 is 0 Å². The number of aliphatic hydroxyl groups excluding tert-OH is 3. The van der Waals surface area contributed by atoms with Gasteiger partial charge in [-0.3, -0.25) is 4.18 Å². The van der Waals surface area contributed by atoms with E-state index in [0.717, 1.165) is 44.1 Å². The summed E-state index contributed by atoms with van der Waals surface area (Å²) in [6.45, 7) is 2.21. The van der Waals surface area contributed by atoms with Crippen LogP contribution in [0.4, 0.5) is 0 Å². The van der Waals surface area contributed by atoms with Gasteiger partial charge in [0, 0.05) is 0 Å². The first-order valence-corrected chi connectivity index (χ1v) is 13.6. The molecule has 4 aliphatic rings. The number of ether oxygens (including phenoxy) is 2. The van der Waals surface area contributed by atoms with Crippen molar-refractivity contribution < 1.29 is 51.8 Å². The molecular weight excluding hydrogens is 496 g/mol. The standard InChI is InChI=1S/C24H32O11S/c1-24-9-8-14-13-5-3-12(10-11(13)2-4-15(14)16(24)6-7-17(24)25)33-23-19(27)20(35-36(30,31)32)18(26)21(34-23)22(28)29/h3,5,10,14-21,23,25-27H,2,4,6-9H2,1H3,(H,28,29)(H,30,31,32)/p-2/t14-,15-,16+,17+,18+,19-,20+,21+,23-,24+/m1/s1. The predicted molar refractivity (Wildman–Crippen MR) is 118 cm³/mol. The third-order valence-corrected chi connectivity index (χ3v) is 9.36. The van der Waals surface area contributed by atoms with E-state index in [1.165, 1.54) is 5.56 Å². The fraction of sp³-hybridized carbons (Fsp3) is 0.708. The molecule has 1 saturated heterocycles. The molecule has 36 heavy (non-hydrogen) atoms. The summed E-state index contributed by atoms with van der Waals surface area (Å²) in [6, 6.07) is 5.37. The van der Waals surface area contributed by atoms with Gasteiger partial charge in [0.15, 0.2) is 0 Å². The highest BCUT2D eigenvalue weighted by Crippen LogP contribution is 2.60. The molecule has 2 saturated carbocycles. The third kappa shape index (κ3) is 4.42. The molecule has 5 rings (SSSR count). The highest BCUT2D eigenvalue weighted by molar-refractivity contribution is 7.80. The van der Waals surface area contributed by atoms with Crippen molar-refractivity contribution in [3.63, 3.8) is 0 Å². The first kappa shape index (κ1) is 25.8. The maximum absolute atomic E-state index is 11.4. The minimum absolute atomic E-state index is 0.0353. The van der Waals surface area contributed by atoms with E-state index in [2.05, 4.69) is 11.1 Å². The quantitative estimate of drug-likeness (QED) is 0.326. The molecule has 0 spiro atoms. The van der Waals surface area contributed by atoms with Crippen molar-refractivity contribution >= 4 is 16.4 Å². The number of fused-ring (bicyclic) bond motifs is 5. The Hall–Kier alpha value is -1.80. The second kappa shape index (κ2) is 9.19. The van der Waals surface area contributed by atoms with Crippen LogP contribution in [0.3, 0.4) is 0 Å². The second-order valence-electron chi connectivity index (χ2n) is 10.7. The molecule has 3 N–H and O–H groups in total. The van der Waals surface area contributed by atoms with Gasteiger partial charge < -0.3 is 39.2 Å². The fourth-order valence-corrected chi connectivity index (χ4v) is 7.62. The van der Waals surface area contributed by atoms with E-state index in [9.17, 15) is 38.2 Å². The number of carbonyl (C=O) groups is 1. The van der Waals surface area contributed by atoms with Crippen molar-refractivity contribution in [2.45, 2.75) is 88.2 Å². The number of hydrogen-bond donors (Lipinski definition) is 3. The van der Waals surface area contributed by atoms with Crippen molar-refractivity contribution in [2.24, 2.45) is 17.3 Å². The molecule has 3 fully saturated rings. The number of hydrogen-bond acceptors (Lipinski definition) is 11. The van der Waals surface area contributed by atoms with Gasteiger partial charge in [-0.2, -0.15) is 0 Å². The van der Waals surface area contributed by atoms with Crippen molar-refractivity contribution in [1.29, 1.82) is 0 Å². The molecule has 1 aliphatic heterocycles. The Bertz CT molecular complexity index is 1120. The zero-order valence-corrected chi connectivity index (χ0v) is 20.5. The highest BCUT2D eigenvalue weighted by atomic mass is 32.3. The van der Waals surface area contributed by atoms with Crippen LogP contribution in [0.15, 0.2) is 18.2 Å². The maximum Gasteiger partial charge on any atom is 0.229 e. The molecule has 0 radical (unpaired) electrons. The summed E-state index contributed by atoms with van der Waals surface area (Å²) in [4.78, 5) is 11.4. The van der Waals surface area contributed by atoms with Crippen LogP contribution in [0.5, 0.6) is 5.75 Å². The van der Waals surface area contributed by atoms with Gasteiger partial charge >= 0.3 is 0 Å². The van der Waals surface area contributed by atoms with Gasteiger partial charge in [-0.05, 0) is 85.0 Å². The molecule has 1 heterocycles. The number of carboxylic acid groups (broad SMARTS) is 1. The third-order valence-electron chi connectivity index (χ3n) is 8.90. The van der Waals surface area contributed by atoms with Gasteiger partial charge in [-0.15, -0.1) is 0 Å². The summed E-state index contributed by atoms with van der Waals surface area (Å²) >= 11 is 0. The average Bonchev–Trinajstić information content (AvgIpc) is 3.11. The lowest BCUT2D eigenvalue weighted by Gasteiger charge is -2.50. The van der Waals surface area contributed by atoms with Crippen molar-refractivity contribution in [3.8, 4) is 5.75 Å². The molecule has 200 valence electrons. The molecule has 11 nitrogen and oxygen atoms in total. The van der Waals surface area contributed by atoms with Crippen LogP contribution in [0.25, 0.3) is 0 Å². The molecule has 0 bridgehead atoms. The second-order valence-corrected chi connectivity index (χ2v) is 11.7. The molecule has 1 aromatic rings. The van der Waals surface area contributed by atoms with Gasteiger partial charge in [-0.1, -0.05) is 13.0 Å². The first-order chi connectivity index (χ1) is 16.9. The SMILES string of the molecule is C[C@]12CC[C@@H]3c4ccc(O[C@@H]5O[C@H](C(=O)[O-])[C@@H](O)[C@H](OS(=O)(=O)[O-])[C@H]5O)cc4CC[C@H]3[C@@H]1CC[C@@H]2O. The average molecular weight is 527 g/mol. The number of aliphatic hydroxyl groups is 3. The van der Waals surface area contributed by atoms with Gasteiger partial charge in [0.1, 0.15) is 30.2 Å². The van der Waals surface area contributed by atoms with Crippen molar-refractivity contribution in [3.05, 3.63) is 29.3 Å². The monoisotopic (exact) mass is 526 g/mol. The number of carbonyl (C=O) groups excluding carboxylic acids is 1. The number of rotatable bonds is 5. The first-order valence-electron chi connectivity index (χ1n) is 12.2. The maximum atomic E-state index is 11.4. The Morgan fingerprint density at radius 1 is 1.14 bits per heavy atom. The fourth-order valence-electron chi connectivity index (χ4n) is 7.12. The van der Waals surface area contributed by atoms with E-state index >= 15 is 0 Å². The Morgan fingerprint density at radius 3 is 2.58 bits per heavy atom. The largest absolute Gasteiger partial charge is 0.726 e. The molecule has 1 aromatic carbocycles. The van der Waals surface area contributed by atoms with Crippen LogP contribution in [-0.4, -0.2) is 71.1 Å². The summed E-state index contributed by atoms with van der Waals surface area (Å²) in [5.41, 5.74) is 2.22. The Balaban J connectivity index is 1.36. The smallest absolute Gasteiger partial charge is 0.229 e. The van der Waals surface area contributed by atoms with E-state index < -0.39 is 47.1 Å². The van der Waals surface area contributed by atoms with Gasteiger partial charge in [0.05, 0.1) is 12.1 Å². The number of benzene rings is 1. The van der Waals surface area contributed by atoms with E-state index in [-0.39, 0.29) is 17.3 Å². The van der Waals surface area contributed by atoms with Crippen LogP contribution < -0.4 is 9.84 Å². The van der Waals surface area contributed by atoms with Crippen LogP contribution in [0.1, 0.15) is 56.1 Å². The predicted octanol–water partition coefficient (Wildman–Crippen LogP) is -0.676. The van der Waals surface area contributed by atoms with Gasteiger partial charge in [0.2, 0.25) is 16.7 Å². The minimum Gasteiger partial charge on any atom is -0.726 e. The molecular formula is C24H30O11S-2. The Labute approximate surface area is 208 Å². The normalized spacial score (nSPS) is 42.2. The molecule has 0 unspecified atom stereocenters. The Kier molecular flexibility index (Phi) is 6.60. The van der Waals surface area contributed by atoms with Crippen LogP contribution in [-0.2, 0) is 30.5 Å². The molecule has 10 atom stereocenters. The Morgan fingerprint density at radius 2 is 1.89 bits per heavy atom. The lowest BCUT2D eigenvalue weighted by Crippen LogP contribution is -2.64. The molecule has 0 aromatic heterocycles. The number of aryl methyl sites for hydroxylation is 1. The lowest BCUT2D eigenvalue weighted by atomic mass is 9.55. The van der Waals surface area contributed by atoms with E-state index in [0.29, 0.717) is 17.8 Å². The molecule has 0 amide bonds. The number of carboxylic acids is 1. The summed E-state index contributed by atoms with van der Waals surface area (Å²) in [6.07, 6.45) is -4.83. The summed E-state index contributed by atoms with van der Waals surface area (Å²) in [7, 11) is -5.38. The van der Waals surface area contributed by atoms with Gasteiger partial charge in [-0.25, -0.2) is 8.42 Å². The summed E-state index contributed by atoms with van der Waals surface area (Å²) in [5, 5.41) is 42.5. The van der Waals surface area contributed by atoms with E-state index in [1.807, 2.05) is 6.07 Å². The summed E-state index contributed by atoms with van der Waals surface area (Å²) in [5.74, 6) is -0.326. The minimum atomic E-state index is -5.38. The zero-order valence-electron chi connectivity index (χ0n) is 19.7. The van der Waals surface area contributed by atoms with E-state index in [1.54, 1.807) is 12.1 Å². The highest BCUT2D eigenvalue weighted by Gasteiger charge is 2.54. The lowest BCUT2D eigenvalue weighted by molar-refractivity contribution is -0.341. The zero-order chi connectivity index (χ0) is 26.0. The number of aliphatic carboxylic acids is 1. The van der Waals surface area contributed by atoms with Crippen molar-refractivity contribution in [2.75, 3.05) is 0 Å². The van der Waals surface area contributed by atoms with Crippen molar-refractivity contribution in [1.82, 2.24) is 0 Å². The summed E-state index contributed by atoms with van der Waals surface area (Å²) < 4.78 is 48.2. The van der Waals surface area contributed by atoms with Gasteiger partial charge in [0.25, 0.3) is 0 Å². The van der Waals surface area contributed by atoms with E-state index in [4.69, 9.17) is 9.47 Å².